The van der Waals surface area contributed by atoms with Gasteiger partial charge < -0.3 is 29.1 Å². The number of anilines is 1. The van der Waals surface area contributed by atoms with Gasteiger partial charge in [-0.05, 0) is 51.3 Å². The highest BCUT2D eigenvalue weighted by molar-refractivity contribution is 7.99. The van der Waals surface area contributed by atoms with Crippen LogP contribution in [0.3, 0.4) is 0 Å². The summed E-state index contributed by atoms with van der Waals surface area (Å²) in [4.78, 5) is 50.8. The SMILES string of the molecule is CCOC(=O)c1sc(NC(=O)CSc2nnc(CNC(=O)c3ccco3)n2C2CCCCC2)c(C(=O)OCC)c1C. The Bertz CT molecular complexity index is 1380. The molecule has 0 saturated heterocycles. The highest BCUT2D eigenvalue weighted by Crippen LogP contribution is 2.35. The Morgan fingerprint density at radius 3 is 2.51 bits per heavy atom. The standard InChI is InChI=1S/C27H33N5O7S2/c1-4-37-25(35)21-16(3)22(26(36)38-5-2)41-24(21)29-20(33)15-40-27-31-30-19(32(27)17-10-7-6-8-11-17)14-28-23(34)18-12-9-13-39-18/h9,12-13,17H,4-8,10-11,14-15H2,1-3H3,(H,28,34)(H,29,33). The van der Waals surface area contributed by atoms with Gasteiger partial charge in [-0.15, -0.1) is 21.5 Å². The maximum Gasteiger partial charge on any atom is 0.348 e. The summed E-state index contributed by atoms with van der Waals surface area (Å²) in [5.41, 5.74) is 0.534. The number of carbonyl (C=O) groups is 4. The van der Waals surface area contributed by atoms with E-state index in [1.54, 1.807) is 32.9 Å². The number of amides is 2. The number of furan rings is 1. The summed E-state index contributed by atoms with van der Waals surface area (Å²) in [5.74, 6) is -1.15. The van der Waals surface area contributed by atoms with Crippen molar-refractivity contribution in [3.05, 3.63) is 46.0 Å². The van der Waals surface area contributed by atoms with Crippen LogP contribution < -0.4 is 10.6 Å². The molecular formula is C27H33N5O7S2. The van der Waals surface area contributed by atoms with Gasteiger partial charge in [-0.1, -0.05) is 31.0 Å². The fourth-order valence-electron chi connectivity index (χ4n) is 4.62. The van der Waals surface area contributed by atoms with Crippen molar-refractivity contribution in [1.82, 2.24) is 20.1 Å². The molecule has 0 atom stereocenters. The van der Waals surface area contributed by atoms with Crippen LogP contribution >= 0.6 is 23.1 Å². The molecule has 3 aromatic heterocycles. The first-order chi connectivity index (χ1) is 19.8. The Hall–Kier alpha value is -3.65. The molecule has 0 bridgehead atoms. The maximum absolute atomic E-state index is 13.1. The fourth-order valence-corrected chi connectivity index (χ4v) is 6.55. The number of esters is 2. The first-order valence-electron chi connectivity index (χ1n) is 13.5. The number of thioether (sulfide) groups is 1. The zero-order valence-corrected chi connectivity index (χ0v) is 24.8. The zero-order chi connectivity index (χ0) is 29.4. The summed E-state index contributed by atoms with van der Waals surface area (Å²) in [6, 6.07) is 3.38. The minimum atomic E-state index is -0.627. The molecule has 1 fully saturated rings. The first kappa shape index (κ1) is 30.3. The number of aromatic nitrogens is 3. The van der Waals surface area contributed by atoms with Gasteiger partial charge in [-0.2, -0.15) is 0 Å². The van der Waals surface area contributed by atoms with Gasteiger partial charge in [-0.25, -0.2) is 9.59 Å². The van der Waals surface area contributed by atoms with Crippen molar-refractivity contribution in [3.8, 4) is 0 Å². The number of ether oxygens (including phenoxy) is 2. The van der Waals surface area contributed by atoms with Crippen LogP contribution in [0.25, 0.3) is 0 Å². The zero-order valence-electron chi connectivity index (χ0n) is 23.2. The number of hydrogen-bond acceptors (Lipinski definition) is 11. The van der Waals surface area contributed by atoms with E-state index in [0.717, 1.165) is 43.4 Å². The second-order valence-corrected chi connectivity index (χ2v) is 11.2. The molecule has 2 N–H and O–H groups in total. The van der Waals surface area contributed by atoms with E-state index in [1.807, 2.05) is 4.57 Å². The Morgan fingerprint density at radius 2 is 1.83 bits per heavy atom. The van der Waals surface area contributed by atoms with Crippen molar-refractivity contribution in [3.63, 3.8) is 0 Å². The number of thiophene rings is 1. The lowest BCUT2D eigenvalue weighted by Crippen LogP contribution is -2.26. The van der Waals surface area contributed by atoms with E-state index in [1.165, 1.54) is 18.0 Å². The van der Waals surface area contributed by atoms with Crippen molar-refractivity contribution in [1.29, 1.82) is 0 Å². The second kappa shape index (κ2) is 14.3. The van der Waals surface area contributed by atoms with Crippen molar-refractivity contribution in [2.45, 2.75) is 70.6 Å². The molecule has 4 rings (SSSR count). The van der Waals surface area contributed by atoms with Crippen molar-refractivity contribution in [2.24, 2.45) is 0 Å². The summed E-state index contributed by atoms with van der Waals surface area (Å²) < 4.78 is 17.4. The molecule has 2 amide bonds. The molecule has 0 aliphatic heterocycles. The van der Waals surface area contributed by atoms with Gasteiger partial charge in [0, 0.05) is 6.04 Å². The predicted molar refractivity (Wildman–Crippen MR) is 152 cm³/mol. The highest BCUT2D eigenvalue weighted by Gasteiger charge is 2.28. The lowest BCUT2D eigenvalue weighted by atomic mass is 9.95. The van der Waals surface area contributed by atoms with Crippen LogP contribution in [0.1, 0.15) is 94.0 Å². The van der Waals surface area contributed by atoms with E-state index < -0.39 is 11.9 Å². The van der Waals surface area contributed by atoms with E-state index in [9.17, 15) is 19.2 Å². The summed E-state index contributed by atoms with van der Waals surface area (Å²) in [6.07, 6.45) is 6.64. The van der Waals surface area contributed by atoms with E-state index in [4.69, 9.17) is 13.9 Å². The van der Waals surface area contributed by atoms with Gasteiger partial charge in [-0.3, -0.25) is 9.59 Å². The average Bonchev–Trinajstić information content (AvgIpc) is 3.71. The largest absolute Gasteiger partial charge is 0.462 e. The fraction of sp³-hybridized carbons (Fsp3) is 0.481. The highest BCUT2D eigenvalue weighted by atomic mass is 32.2. The van der Waals surface area contributed by atoms with Crippen LogP contribution in [-0.4, -0.2) is 57.5 Å². The summed E-state index contributed by atoms with van der Waals surface area (Å²) in [7, 11) is 0. The molecule has 41 heavy (non-hydrogen) atoms. The molecule has 3 heterocycles. The van der Waals surface area contributed by atoms with Crippen LogP contribution in [0.15, 0.2) is 28.0 Å². The van der Waals surface area contributed by atoms with Crippen LogP contribution in [-0.2, 0) is 20.8 Å². The molecule has 0 radical (unpaired) electrons. The van der Waals surface area contributed by atoms with Crippen LogP contribution in [0.2, 0.25) is 0 Å². The molecule has 1 aliphatic carbocycles. The second-order valence-electron chi connectivity index (χ2n) is 9.26. The van der Waals surface area contributed by atoms with Crippen molar-refractivity contribution in [2.75, 3.05) is 24.3 Å². The number of nitrogens with one attached hydrogen (secondary N) is 2. The van der Waals surface area contributed by atoms with E-state index >= 15 is 0 Å². The minimum absolute atomic E-state index is 0.0163. The van der Waals surface area contributed by atoms with E-state index in [-0.39, 0.29) is 64.6 Å². The molecule has 12 nitrogen and oxygen atoms in total. The molecule has 1 aliphatic rings. The smallest absolute Gasteiger partial charge is 0.348 e. The monoisotopic (exact) mass is 603 g/mol. The quantitative estimate of drug-likeness (QED) is 0.219. The third kappa shape index (κ3) is 7.36. The maximum atomic E-state index is 13.1. The molecule has 1 saturated carbocycles. The number of rotatable bonds is 12. The number of hydrogen-bond donors (Lipinski definition) is 2. The third-order valence-electron chi connectivity index (χ3n) is 6.50. The minimum Gasteiger partial charge on any atom is -0.462 e. The third-order valence-corrected chi connectivity index (χ3v) is 8.63. The average molecular weight is 604 g/mol. The molecule has 0 aromatic carbocycles. The normalized spacial score (nSPS) is 13.5. The topological polar surface area (TPSA) is 155 Å². The van der Waals surface area contributed by atoms with Gasteiger partial charge in [0.2, 0.25) is 5.91 Å². The van der Waals surface area contributed by atoms with Crippen molar-refractivity contribution < 1.29 is 33.1 Å². The lowest BCUT2D eigenvalue weighted by Gasteiger charge is -2.25. The summed E-state index contributed by atoms with van der Waals surface area (Å²) >= 11 is 2.19. The summed E-state index contributed by atoms with van der Waals surface area (Å²) in [5, 5.41) is 15.0. The Labute approximate surface area is 245 Å². The number of carbonyl (C=O) groups excluding carboxylic acids is 4. The molecule has 14 heteroatoms. The van der Waals surface area contributed by atoms with Gasteiger partial charge in [0.15, 0.2) is 16.7 Å². The number of nitrogens with zero attached hydrogens (tertiary/aromatic N) is 3. The van der Waals surface area contributed by atoms with Crippen LogP contribution in [0, 0.1) is 6.92 Å². The lowest BCUT2D eigenvalue weighted by molar-refractivity contribution is -0.113. The molecule has 0 spiro atoms. The summed E-state index contributed by atoms with van der Waals surface area (Å²) in [6.45, 7) is 5.48. The van der Waals surface area contributed by atoms with E-state index in [0.29, 0.717) is 16.5 Å². The van der Waals surface area contributed by atoms with Crippen LogP contribution in [0.5, 0.6) is 0 Å². The Kier molecular flexibility index (Phi) is 10.6. The van der Waals surface area contributed by atoms with Crippen LogP contribution in [0.4, 0.5) is 5.00 Å². The first-order valence-corrected chi connectivity index (χ1v) is 15.3. The Balaban J connectivity index is 1.49. The van der Waals surface area contributed by atoms with Gasteiger partial charge in [0.25, 0.3) is 5.91 Å². The Morgan fingerprint density at radius 1 is 1.10 bits per heavy atom. The van der Waals surface area contributed by atoms with Gasteiger partial charge in [0.1, 0.15) is 9.88 Å². The predicted octanol–water partition coefficient (Wildman–Crippen LogP) is 4.76. The molecule has 220 valence electrons. The van der Waals surface area contributed by atoms with E-state index in [2.05, 4.69) is 20.8 Å². The molecule has 3 aromatic rings. The van der Waals surface area contributed by atoms with Gasteiger partial charge >= 0.3 is 11.9 Å². The van der Waals surface area contributed by atoms with Crippen molar-refractivity contribution >= 4 is 51.9 Å². The van der Waals surface area contributed by atoms with Gasteiger partial charge in [0.05, 0.1) is 37.3 Å². The molecular weight excluding hydrogens is 570 g/mol. The molecule has 0 unspecified atom stereocenters.